The van der Waals surface area contributed by atoms with Gasteiger partial charge in [-0.15, -0.1) is 0 Å². The molecule has 0 saturated carbocycles. The van der Waals surface area contributed by atoms with E-state index in [0.29, 0.717) is 6.42 Å². The fourth-order valence-corrected chi connectivity index (χ4v) is 3.50. The topological polar surface area (TPSA) is 116 Å². The molecule has 1 rings (SSSR count). The van der Waals surface area contributed by atoms with Crippen LogP contribution in [0.2, 0.25) is 0 Å². The average Bonchev–Trinajstić information content (AvgIpc) is 2.76. The second-order valence-corrected chi connectivity index (χ2v) is 8.16. The minimum Gasteiger partial charge on any atom is -0.456 e. The van der Waals surface area contributed by atoms with Crippen molar-refractivity contribution in [2.45, 2.75) is 115 Å². The quantitative estimate of drug-likeness (QED) is 0.165. The van der Waals surface area contributed by atoms with Crippen molar-refractivity contribution in [3.05, 3.63) is 24.3 Å². The Labute approximate surface area is 186 Å². The van der Waals surface area contributed by atoms with Crippen molar-refractivity contribution >= 4 is 5.97 Å². The van der Waals surface area contributed by atoms with Crippen LogP contribution in [-0.2, 0) is 14.3 Å². The van der Waals surface area contributed by atoms with Crippen LogP contribution in [0, 0.1) is 0 Å². The van der Waals surface area contributed by atoms with Crippen LogP contribution in [0.25, 0.3) is 0 Å². The lowest BCUT2D eigenvalue weighted by molar-refractivity contribution is -0.289. The van der Waals surface area contributed by atoms with E-state index in [4.69, 9.17) is 14.6 Å². The number of allylic oxidation sites excluding steroid dienone is 4. The maximum absolute atomic E-state index is 12.0. The Hall–Kier alpha value is -1.25. The molecule has 1 fully saturated rings. The van der Waals surface area contributed by atoms with Crippen LogP contribution in [0.1, 0.15) is 84.0 Å². The molecule has 180 valence electrons. The highest BCUT2D eigenvalue weighted by molar-refractivity contribution is 5.69. The lowest BCUT2D eigenvalue weighted by Gasteiger charge is -2.39. The standard InChI is InChI=1S/C24H42O7/c1-2-3-4-5-6-7-8-9-10-11-12-13-14-15-16-17-20(26)31-23-21(27)19(18-25)30-24(29)22(23)28/h6-7,9-10,19,21-25,27-29H,2-5,8,11-18H2,1H3/b7-6-,10-9-. The summed E-state index contributed by atoms with van der Waals surface area (Å²) in [4.78, 5) is 12.0. The average molecular weight is 443 g/mol. The van der Waals surface area contributed by atoms with Crippen LogP contribution < -0.4 is 0 Å². The van der Waals surface area contributed by atoms with Crippen LogP contribution >= 0.6 is 0 Å². The van der Waals surface area contributed by atoms with E-state index in [2.05, 4.69) is 31.2 Å². The largest absolute Gasteiger partial charge is 0.456 e. The van der Waals surface area contributed by atoms with Gasteiger partial charge in [-0.3, -0.25) is 4.79 Å². The van der Waals surface area contributed by atoms with Crippen molar-refractivity contribution in [2.75, 3.05) is 6.61 Å². The molecular formula is C24H42O7. The smallest absolute Gasteiger partial charge is 0.306 e. The van der Waals surface area contributed by atoms with E-state index in [-0.39, 0.29) is 6.42 Å². The molecule has 0 amide bonds. The maximum Gasteiger partial charge on any atom is 0.306 e. The summed E-state index contributed by atoms with van der Waals surface area (Å²) < 4.78 is 10.0. The minimum atomic E-state index is -1.62. The zero-order valence-corrected chi connectivity index (χ0v) is 18.9. The highest BCUT2D eigenvalue weighted by Gasteiger charge is 2.45. The molecule has 5 atom stereocenters. The van der Waals surface area contributed by atoms with Crippen molar-refractivity contribution in [3.63, 3.8) is 0 Å². The number of aliphatic hydroxyl groups excluding tert-OH is 4. The summed E-state index contributed by atoms with van der Waals surface area (Å²) in [5.74, 6) is -0.542. The summed E-state index contributed by atoms with van der Waals surface area (Å²) in [6.45, 7) is 1.66. The zero-order chi connectivity index (χ0) is 22.9. The van der Waals surface area contributed by atoms with Gasteiger partial charge in [-0.25, -0.2) is 0 Å². The van der Waals surface area contributed by atoms with Gasteiger partial charge in [0.1, 0.15) is 18.3 Å². The van der Waals surface area contributed by atoms with Crippen molar-refractivity contribution in [3.8, 4) is 0 Å². The molecule has 7 heteroatoms. The molecule has 0 aromatic carbocycles. The molecule has 0 spiro atoms. The lowest BCUT2D eigenvalue weighted by atomic mass is 9.99. The maximum atomic E-state index is 12.0. The second-order valence-electron chi connectivity index (χ2n) is 8.16. The van der Waals surface area contributed by atoms with E-state index in [9.17, 15) is 20.1 Å². The summed E-state index contributed by atoms with van der Waals surface area (Å²) in [7, 11) is 0. The SMILES string of the molecule is CCCCC/C=C\C/C=C\CCCCCCCC(=O)OC1C(O)C(O)OC(CO)C1O. The van der Waals surface area contributed by atoms with Crippen molar-refractivity contribution in [2.24, 2.45) is 0 Å². The van der Waals surface area contributed by atoms with E-state index < -0.39 is 43.3 Å². The first kappa shape index (κ1) is 27.8. The molecule has 5 unspecified atom stereocenters. The molecule has 1 saturated heterocycles. The number of carbonyl (C=O) groups is 1. The number of unbranched alkanes of at least 4 members (excludes halogenated alkanes) is 8. The predicted molar refractivity (Wildman–Crippen MR) is 119 cm³/mol. The highest BCUT2D eigenvalue weighted by atomic mass is 16.7. The molecule has 1 aliphatic rings. The normalized spacial score (nSPS) is 26.7. The van der Waals surface area contributed by atoms with E-state index in [1.807, 2.05) is 0 Å². The molecule has 0 aromatic rings. The fourth-order valence-electron chi connectivity index (χ4n) is 3.50. The number of hydrogen-bond donors (Lipinski definition) is 4. The Morgan fingerprint density at radius 2 is 1.48 bits per heavy atom. The molecule has 0 radical (unpaired) electrons. The van der Waals surface area contributed by atoms with E-state index in [0.717, 1.165) is 38.5 Å². The van der Waals surface area contributed by atoms with Gasteiger partial charge < -0.3 is 29.9 Å². The number of ether oxygens (including phenoxy) is 2. The Morgan fingerprint density at radius 3 is 2.13 bits per heavy atom. The molecule has 1 heterocycles. The molecule has 0 aromatic heterocycles. The minimum absolute atomic E-state index is 0.182. The number of carbonyl (C=O) groups excluding carboxylic acids is 1. The Morgan fingerprint density at radius 1 is 0.871 bits per heavy atom. The fraction of sp³-hybridized carbons (Fsp3) is 0.792. The predicted octanol–water partition coefficient (Wildman–Crippen LogP) is 3.14. The van der Waals surface area contributed by atoms with E-state index in [1.54, 1.807) is 0 Å². The molecular weight excluding hydrogens is 400 g/mol. The summed E-state index contributed by atoms with van der Waals surface area (Å²) in [5.41, 5.74) is 0. The number of aliphatic hydroxyl groups is 4. The zero-order valence-electron chi connectivity index (χ0n) is 18.9. The summed E-state index contributed by atoms with van der Waals surface area (Å²) in [6, 6.07) is 0. The third kappa shape index (κ3) is 11.8. The molecule has 0 bridgehead atoms. The summed E-state index contributed by atoms with van der Waals surface area (Å²) >= 11 is 0. The third-order valence-corrected chi connectivity index (χ3v) is 5.44. The van der Waals surface area contributed by atoms with Crippen molar-refractivity contribution in [1.29, 1.82) is 0 Å². The van der Waals surface area contributed by atoms with Gasteiger partial charge in [0.2, 0.25) is 0 Å². The van der Waals surface area contributed by atoms with Crippen molar-refractivity contribution in [1.82, 2.24) is 0 Å². The van der Waals surface area contributed by atoms with Gasteiger partial charge in [-0.2, -0.15) is 0 Å². The van der Waals surface area contributed by atoms with Crippen LogP contribution in [0.5, 0.6) is 0 Å². The molecule has 0 aliphatic carbocycles. The van der Waals surface area contributed by atoms with Gasteiger partial charge in [-0.1, -0.05) is 63.3 Å². The van der Waals surface area contributed by atoms with Crippen LogP contribution in [0.4, 0.5) is 0 Å². The first-order chi connectivity index (χ1) is 15.0. The number of esters is 1. The van der Waals surface area contributed by atoms with Gasteiger partial charge in [-0.05, 0) is 38.5 Å². The molecule has 1 aliphatic heterocycles. The van der Waals surface area contributed by atoms with E-state index >= 15 is 0 Å². The second kappa shape index (κ2) is 17.3. The molecule has 7 nitrogen and oxygen atoms in total. The molecule has 31 heavy (non-hydrogen) atoms. The van der Waals surface area contributed by atoms with Crippen LogP contribution in [-0.4, -0.2) is 63.7 Å². The lowest BCUT2D eigenvalue weighted by Crippen LogP contribution is -2.59. The van der Waals surface area contributed by atoms with Gasteiger partial charge in [0.15, 0.2) is 12.4 Å². The van der Waals surface area contributed by atoms with E-state index in [1.165, 1.54) is 25.7 Å². The van der Waals surface area contributed by atoms with Gasteiger partial charge in [0.05, 0.1) is 6.61 Å². The third-order valence-electron chi connectivity index (χ3n) is 5.44. The summed E-state index contributed by atoms with van der Waals surface area (Å²) in [5, 5.41) is 38.6. The first-order valence-electron chi connectivity index (χ1n) is 11.8. The Kier molecular flexibility index (Phi) is 15.5. The van der Waals surface area contributed by atoms with Crippen LogP contribution in [0.15, 0.2) is 24.3 Å². The molecule has 4 N–H and O–H groups in total. The Balaban J connectivity index is 2.05. The summed E-state index contributed by atoms with van der Waals surface area (Å²) in [6.07, 6.45) is 14.1. The highest BCUT2D eigenvalue weighted by Crippen LogP contribution is 2.23. The Bertz CT molecular complexity index is 520. The monoisotopic (exact) mass is 442 g/mol. The number of hydrogen-bond acceptors (Lipinski definition) is 7. The number of rotatable bonds is 16. The van der Waals surface area contributed by atoms with Gasteiger partial charge in [0.25, 0.3) is 0 Å². The van der Waals surface area contributed by atoms with Crippen LogP contribution in [0.3, 0.4) is 0 Å². The van der Waals surface area contributed by atoms with Gasteiger partial charge >= 0.3 is 5.97 Å². The van der Waals surface area contributed by atoms with Gasteiger partial charge in [0, 0.05) is 6.42 Å². The first-order valence-corrected chi connectivity index (χ1v) is 11.8. The van der Waals surface area contributed by atoms with Crippen molar-refractivity contribution < 1.29 is 34.7 Å².